The van der Waals surface area contributed by atoms with Gasteiger partial charge in [-0.2, -0.15) is 4.31 Å². The Bertz CT molecular complexity index is 1020. The fourth-order valence-corrected chi connectivity index (χ4v) is 5.27. The lowest BCUT2D eigenvalue weighted by Gasteiger charge is -2.26. The number of amides is 1. The molecule has 6 nitrogen and oxygen atoms in total. The molecule has 29 heavy (non-hydrogen) atoms. The standard InChI is InChI=1S/C21H23BrN2O4S/c1-28-19-10-8-16(9-11-21(25)23-18-7-5-6-17(22)15-18)14-20(19)29(26,27)24-12-3-2-4-13-24/h5-11,14-15H,2-4,12-13H2,1H3,(H,23,25)/b11-9+. The lowest BCUT2D eigenvalue weighted by Crippen LogP contribution is -2.35. The first kappa shape index (κ1) is 21.5. The molecule has 3 rings (SSSR count). The second-order valence-corrected chi connectivity index (χ2v) is 9.53. The molecule has 0 aromatic heterocycles. The highest BCUT2D eigenvalue weighted by atomic mass is 79.9. The van der Waals surface area contributed by atoms with E-state index in [9.17, 15) is 13.2 Å². The molecule has 1 heterocycles. The van der Waals surface area contributed by atoms with Crippen molar-refractivity contribution in [2.45, 2.75) is 24.2 Å². The normalized spacial score (nSPS) is 15.4. The number of piperidine rings is 1. The molecule has 0 spiro atoms. The van der Waals surface area contributed by atoms with E-state index in [4.69, 9.17) is 4.74 Å². The maximum absolute atomic E-state index is 13.1. The minimum atomic E-state index is -3.65. The van der Waals surface area contributed by atoms with Gasteiger partial charge in [0.15, 0.2) is 0 Å². The van der Waals surface area contributed by atoms with Gasteiger partial charge in [-0.05, 0) is 54.8 Å². The monoisotopic (exact) mass is 478 g/mol. The van der Waals surface area contributed by atoms with Gasteiger partial charge in [-0.1, -0.05) is 34.5 Å². The molecule has 2 aromatic carbocycles. The highest BCUT2D eigenvalue weighted by Crippen LogP contribution is 2.30. The van der Waals surface area contributed by atoms with Crippen molar-refractivity contribution < 1.29 is 17.9 Å². The van der Waals surface area contributed by atoms with Crippen molar-refractivity contribution in [2.24, 2.45) is 0 Å². The number of sulfonamides is 1. The third kappa shape index (κ3) is 5.46. The van der Waals surface area contributed by atoms with E-state index in [2.05, 4.69) is 21.2 Å². The first-order chi connectivity index (χ1) is 13.9. The van der Waals surface area contributed by atoms with Crippen molar-refractivity contribution in [1.29, 1.82) is 0 Å². The van der Waals surface area contributed by atoms with Crippen LogP contribution in [-0.2, 0) is 14.8 Å². The Balaban J connectivity index is 1.80. The van der Waals surface area contributed by atoms with Gasteiger partial charge < -0.3 is 10.1 Å². The molecular weight excluding hydrogens is 456 g/mol. The summed E-state index contributed by atoms with van der Waals surface area (Å²) in [6, 6.07) is 12.2. The molecule has 0 saturated carbocycles. The highest BCUT2D eigenvalue weighted by molar-refractivity contribution is 9.10. The lowest BCUT2D eigenvalue weighted by molar-refractivity contribution is -0.111. The Morgan fingerprint density at radius 3 is 2.59 bits per heavy atom. The van der Waals surface area contributed by atoms with Gasteiger partial charge in [0, 0.05) is 29.3 Å². The molecule has 154 valence electrons. The summed E-state index contributed by atoms with van der Waals surface area (Å²) < 4.78 is 33.8. The molecule has 8 heteroatoms. The average molecular weight is 479 g/mol. The van der Waals surface area contributed by atoms with Crippen LogP contribution in [0, 0.1) is 0 Å². The van der Waals surface area contributed by atoms with Crippen LogP contribution in [0.5, 0.6) is 5.75 Å². The topological polar surface area (TPSA) is 75.7 Å². The molecule has 0 aliphatic carbocycles. The molecule has 1 saturated heterocycles. The zero-order valence-corrected chi connectivity index (χ0v) is 18.5. The zero-order chi connectivity index (χ0) is 20.9. The molecule has 1 aliphatic heterocycles. The van der Waals surface area contributed by atoms with E-state index in [0.29, 0.717) is 30.1 Å². The van der Waals surface area contributed by atoms with Crippen molar-refractivity contribution in [2.75, 3.05) is 25.5 Å². The fraction of sp³-hybridized carbons (Fsp3) is 0.286. The summed E-state index contributed by atoms with van der Waals surface area (Å²) in [7, 11) is -2.20. The van der Waals surface area contributed by atoms with E-state index in [1.807, 2.05) is 12.1 Å². The Morgan fingerprint density at radius 2 is 1.90 bits per heavy atom. The predicted molar refractivity (Wildman–Crippen MR) is 117 cm³/mol. The predicted octanol–water partition coefficient (Wildman–Crippen LogP) is 4.28. The van der Waals surface area contributed by atoms with Gasteiger partial charge in [0.05, 0.1) is 7.11 Å². The average Bonchev–Trinajstić information content (AvgIpc) is 2.72. The summed E-state index contributed by atoms with van der Waals surface area (Å²) in [6.45, 7) is 1.03. The smallest absolute Gasteiger partial charge is 0.248 e. The van der Waals surface area contributed by atoms with Crippen LogP contribution >= 0.6 is 15.9 Å². The largest absolute Gasteiger partial charge is 0.495 e. The van der Waals surface area contributed by atoms with E-state index >= 15 is 0 Å². The Morgan fingerprint density at radius 1 is 1.14 bits per heavy atom. The molecule has 0 bridgehead atoms. The molecule has 0 atom stereocenters. The maximum atomic E-state index is 13.1. The second kappa shape index (κ2) is 9.56. The number of halogens is 1. The third-order valence-corrected chi connectivity index (χ3v) is 7.05. The van der Waals surface area contributed by atoms with Gasteiger partial charge >= 0.3 is 0 Å². The van der Waals surface area contributed by atoms with Crippen LogP contribution in [0.3, 0.4) is 0 Å². The SMILES string of the molecule is COc1ccc(/C=C/C(=O)Nc2cccc(Br)c2)cc1S(=O)(=O)N1CCCCC1. The summed E-state index contributed by atoms with van der Waals surface area (Å²) in [5, 5.41) is 2.77. The van der Waals surface area contributed by atoms with Gasteiger partial charge in [-0.3, -0.25) is 4.79 Å². The van der Waals surface area contributed by atoms with Crippen LogP contribution in [0.2, 0.25) is 0 Å². The van der Waals surface area contributed by atoms with Crippen molar-refractivity contribution >= 4 is 43.6 Å². The number of benzene rings is 2. The van der Waals surface area contributed by atoms with E-state index in [-0.39, 0.29) is 10.8 Å². The van der Waals surface area contributed by atoms with Gasteiger partial charge in [0.2, 0.25) is 15.9 Å². The van der Waals surface area contributed by atoms with Crippen molar-refractivity contribution in [3.05, 3.63) is 58.6 Å². The van der Waals surface area contributed by atoms with Crippen LogP contribution in [-0.4, -0.2) is 38.8 Å². The Labute approximate surface area is 179 Å². The van der Waals surface area contributed by atoms with Crippen molar-refractivity contribution in [3.8, 4) is 5.75 Å². The van der Waals surface area contributed by atoms with Crippen LogP contribution in [0.15, 0.2) is 57.9 Å². The van der Waals surface area contributed by atoms with E-state index < -0.39 is 10.0 Å². The van der Waals surface area contributed by atoms with E-state index in [0.717, 1.165) is 23.7 Å². The number of methoxy groups -OCH3 is 1. The van der Waals surface area contributed by atoms with Gasteiger partial charge in [0.25, 0.3) is 0 Å². The summed E-state index contributed by atoms with van der Waals surface area (Å²) in [6.07, 6.45) is 5.72. The van der Waals surface area contributed by atoms with E-state index in [1.54, 1.807) is 36.4 Å². The molecule has 1 N–H and O–H groups in total. The first-order valence-electron chi connectivity index (χ1n) is 9.33. The lowest BCUT2D eigenvalue weighted by atomic mass is 10.2. The summed E-state index contributed by atoms with van der Waals surface area (Å²) >= 11 is 3.36. The van der Waals surface area contributed by atoms with Gasteiger partial charge in [0.1, 0.15) is 10.6 Å². The third-order valence-electron chi connectivity index (χ3n) is 4.64. The zero-order valence-electron chi connectivity index (χ0n) is 16.1. The van der Waals surface area contributed by atoms with Crippen molar-refractivity contribution in [1.82, 2.24) is 4.31 Å². The number of ether oxygens (including phenoxy) is 1. The number of nitrogens with zero attached hydrogens (tertiary/aromatic N) is 1. The quantitative estimate of drug-likeness (QED) is 0.628. The minimum absolute atomic E-state index is 0.122. The minimum Gasteiger partial charge on any atom is -0.495 e. The number of hydrogen-bond donors (Lipinski definition) is 1. The summed E-state index contributed by atoms with van der Waals surface area (Å²) in [4.78, 5) is 12.3. The Hall–Kier alpha value is -2.16. The molecule has 1 fully saturated rings. The maximum Gasteiger partial charge on any atom is 0.248 e. The molecule has 0 unspecified atom stereocenters. The second-order valence-electron chi connectivity index (χ2n) is 6.71. The van der Waals surface area contributed by atoms with Gasteiger partial charge in [-0.15, -0.1) is 0 Å². The summed E-state index contributed by atoms with van der Waals surface area (Å²) in [5.41, 5.74) is 1.27. The Kier molecular flexibility index (Phi) is 7.10. The molecule has 1 aliphatic rings. The first-order valence-corrected chi connectivity index (χ1v) is 11.6. The molecule has 0 radical (unpaired) electrons. The molecule has 1 amide bonds. The number of anilines is 1. The fourth-order valence-electron chi connectivity index (χ4n) is 3.16. The van der Waals surface area contributed by atoms with Gasteiger partial charge in [-0.25, -0.2) is 8.42 Å². The van der Waals surface area contributed by atoms with Crippen LogP contribution < -0.4 is 10.1 Å². The van der Waals surface area contributed by atoms with Crippen LogP contribution in [0.25, 0.3) is 6.08 Å². The number of hydrogen-bond acceptors (Lipinski definition) is 4. The van der Waals surface area contributed by atoms with Crippen LogP contribution in [0.4, 0.5) is 5.69 Å². The van der Waals surface area contributed by atoms with Crippen LogP contribution in [0.1, 0.15) is 24.8 Å². The number of carbonyl (C=O) groups excluding carboxylic acids is 1. The highest BCUT2D eigenvalue weighted by Gasteiger charge is 2.28. The summed E-state index contributed by atoms with van der Waals surface area (Å²) in [5.74, 6) is -0.00864. The van der Waals surface area contributed by atoms with E-state index in [1.165, 1.54) is 17.5 Å². The van der Waals surface area contributed by atoms with Crippen molar-refractivity contribution in [3.63, 3.8) is 0 Å². The number of rotatable bonds is 6. The number of carbonyl (C=O) groups is 1. The molecular formula is C21H23BrN2O4S. The molecule has 2 aromatic rings. The number of nitrogens with one attached hydrogen (secondary N) is 1.